The number of aliphatic imine (C=N–C) groups is 1. The van der Waals surface area contributed by atoms with Crippen molar-refractivity contribution in [2.75, 3.05) is 13.1 Å². The van der Waals surface area contributed by atoms with Gasteiger partial charge in [0.05, 0.1) is 5.69 Å². The lowest BCUT2D eigenvalue weighted by Gasteiger charge is -2.34. The van der Waals surface area contributed by atoms with Crippen molar-refractivity contribution in [3.63, 3.8) is 0 Å². The van der Waals surface area contributed by atoms with Crippen LogP contribution in [0.15, 0.2) is 53.5 Å². The lowest BCUT2D eigenvalue weighted by atomic mass is 9.81. The minimum Gasteiger partial charge on any atom is -0.508 e. The molecule has 0 aliphatic carbocycles. The van der Waals surface area contributed by atoms with Gasteiger partial charge in [0.15, 0.2) is 0 Å². The van der Waals surface area contributed by atoms with Crippen LogP contribution in [-0.2, 0) is 6.54 Å². The number of hydrogen-bond acceptors (Lipinski definition) is 3. The van der Waals surface area contributed by atoms with Crippen molar-refractivity contribution < 1.29 is 5.11 Å². The summed E-state index contributed by atoms with van der Waals surface area (Å²) in [6.45, 7) is 3.32. The van der Waals surface area contributed by atoms with Crippen LogP contribution in [-0.4, -0.2) is 29.3 Å². The summed E-state index contributed by atoms with van der Waals surface area (Å²) in [4.78, 5) is 7.08. The molecule has 0 spiro atoms. The molecule has 23 heavy (non-hydrogen) atoms. The molecule has 0 aromatic heterocycles. The molecule has 3 nitrogen and oxygen atoms in total. The van der Waals surface area contributed by atoms with Gasteiger partial charge in [0.1, 0.15) is 5.75 Å². The molecule has 2 heterocycles. The molecule has 2 aliphatic heterocycles. The number of hydrogen-bond donors (Lipinski definition) is 1. The van der Waals surface area contributed by atoms with E-state index in [2.05, 4.69) is 46.4 Å². The number of nitrogens with zero attached hydrogens (tertiary/aromatic N) is 2. The van der Waals surface area contributed by atoms with E-state index in [0.29, 0.717) is 17.6 Å². The second-order valence-corrected chi connectivity index (χ2v) is 6.65. The van der Waals surface area contributed by atoms with E-state index in [1.165, 1.54) is 24.0 Å². The predicted molar refractivity (Wildman–Crippen MR) is 93.4 cm³/mol. The zero-order valence-electron chi connectivity index (χ0n) is 13.2. The van der Waals surface area contributed by atoms with E-state index >= 15 is 0 Å². The van der Waals surface area contributed by atoms with Crippen LogP contribution in [0.5, 0.6) is 5.75 Å². The van der Waals surface area contributed by atoms with Gasteiger partial charge < -0.3 is 5.11 Å². The van der Waals surface area contributed by atoms with Crippen molar-refractivity contribution in [2.24, 2.45) is 10.9 Å². The number of phenolic OH excluding ortho intramolecular Hbond substituents is 1. The first kappa shape index (κ1) is 14.5. The van der Waals surface area contributed by atoms with E-state index < -0.39 is 0 Å². The number of aromatic hydroxyl groups is 1. The molecule has 1 N–H and O–H groups in total. The van der Waals surface area contributed by atoms with E-state index in [-0.39, 0.29) is 0 Å². The van der Waals surface area contributed by atoms with Crippen LogP contribution in [0, 0.1) is 5.92 Å². The fraction of sp³-hybridized carbons (Fsp3) is 0.350. The minimum absolute atomic E-state index is 0.348. The summed E-state index contributed by atoms with van der Waals surface area (Å²) < 4.78 is 0. The first-order chi connectivity index (χ1) is 11.3. The molecular weight excluding hydrogens is 284 g/mol. The summed E-state index contributed by atoms with van der Waals surface area (Å²) >= 11 is 0. The number of piperidine rings is 1. The van der Waals surface area contributed by atoms with Crippen LogP contribution in [0.1, 0.15) is 29.9 Å². The Morgan fingerprint density at radius 3 is 2.61 bits per heavy atom. The third-order valence-corrected chi connectivity index (χ3v) is 5.13. The van der Waals surface area contributed by atoms with Gasteiger partial charge in [-0.05, 0) is 61.2 Å². The third kappa shape index (κ3) is 3.02. The van der Waals surface area contributed by atoms with Crippen molar-refractivity contribution in [2.45, 2.75) is 25.3 Å². The van der Waals surface area contributed by atoms with Crippen LogP contribution >= 0.6 is 0 Å². The van der Waals surface area contributed by atoms with Crippen molar-refractivity contribution in [1.82, 2.24) is 4.90 Å². The van der Waals surface area contributed by atoms with E-state index in [4.69, 9.17) is 0 Å². The van der Waals surface area contributed by atoms with Crippen LogP contribution in [0.4, 0.5) is 5.69 Å². The van der Waals surface area contributed by atoms with Crippen molar-refractivity contribution in [3.8, 4) is 5.75 Å². The van der Waals surface area contributed by atoms with Crippen LogP contribution in [0.3, 0.4) is 0 Å². The molecule has 0 bridgehead atoms. The standard InChI is InChI=1S/C20H22N2O/c23-17-6-7-20-18(12-17)19(13-21-20)16-8-10-22(11-9-16)14-15-4-2-1-3-5-15/h1-7,12-13,16,19,23H,8-11,14H2. The van der Waals surface area contributed by atoms with Gasteiger partial charge in [0.2, 0.25) is 0 Å². The number of fused-ring (bicyclic) bond motifs is 1. The normalized spacial score (nSPS) is 21.5. The van der Waals surface area contributed by atoms with Crippen LogP contribution in [0.2, 0.25) is 0 Å². The molecule has 118 valence electrons. The number of benzene rings is 2. The highest BCUT2D eigenvalue weighted by molar-refractivity contribution is 5.81. The fourth-order valence-electron chi connectivity index (χ4n) is 3.85. The smallest absolute Gasteiger partial charge is 0.116 e. The molecule has 3 heteroatoms. The Morgan fingerprint density at radius 1 is 1.04 bits per heavy atom. The van der Waals surface area contributed by atoms with Gasteiger partial charge in [-0.1, -0.05) is 30.3 Å². The van der Waals surface area contributed by atoms with Crippen LogP contribution < -0.4 is 0 Å². The Balaban J connectivity index is 1.39. The van der Waals surface area contributed by atoms with Gasteiger partial charge >= 0.3 is 0 Å². The summed E-state index contributed by atoms with van der Waals surface area (Å²) in [6.07, 6.45) is 4.47. The average Bonchev–Trinajstić information content (AvgIpc) is 2.99. The molecule has 1 saturated heterocycles. The maximum absolute atomic E-state index is 9.75. The summed E-state index contributed by atoms with van der Waals surface area (Å²) in [7, 11) is 0. The second kappa shape index (κ2) is 6.17. The Kier molecular flexibility index (Phi) is 3.88. The molecule has 4 rings (SSSR count). The highest BCUT2D eigenvalue weighted by Crippen LogP contribution is 2.41. The SMILES string of the molecule is Oc1ccc2c(c1)C(C1CCN(Cc3ccccc3)CC1)C=N2. The highest BCUT2D eigenvalue weighted by atomic mass is 16.3. The lowest BCUT2D eigenvalue weighted by molar-refractivity contribution is 0.173. The van der Waals surface area contributed by atoms with Crippen LogP contribution in [0.25, 0.3) is 0 Å². The largest absolute Gasteiger partial charge is 0.508 e. The van der Waals surface area contributed by atoms with E-state index in [1.807, 2.05) is 12.1 Å². The monoisotopic (exact) mass is 306 g/mol. The fourth-order valence-corrected chi connectivity index (χ4v) is 3.85. The Morgan fingerprint density at radius 2 is 1.83 bits per heavy atom. The predicted octanol–water partition coefficient (Wildman–Crippen LogP) is 4.10. The van der Waals surface area contributed by atoms with Crippen molar-refractivity contribution in [3.05, 3.63) is 59.7 Å². The Labute approximate surface area is 137 Å². The summed E-state index contributed by atoms with van der Waals surface area (Å²) in [5.74, 6) is 1.35. The van der Waals surface area contributed by atoms with E-state index in [9.17, 15) is 5.11 Å². The third-order valence-electron chi connectivity index (χ3n) is 5.13. The molecular formula is C20H22N2O. The number of phenols is 1. The maximum Gasteiger partial charge on any atom is 0.116 e. The molecule has 1 fully saturated rings. The zero-order chi connectivity index (χ0) is 15.6. The molecule has 0 amide bonds. The molecule has 2 aromatic carbocycles. The Hall–Kier alpha value is -2.13. The quantitative estimate of drug-likeness (QED) is 0.926. The number of likely N-dealkylation sites (tertiary alicyclic amines) is 1. The zero-order valence-corrected chi connectivity index (χ0v) is 13.2. The minimum atomic E-state index is 0.348. The second-order valence-electron chi connectivity index (χ2n) is 6.65. The highest BCUT2D eigenvalue weighted by Gasteiger charge is 2.30. The first-order valence-electron chi connectivity index (χ1n) is 8.43. The lowest BCUT2D eigenvalue weighted by Crippen LogP contribution is -2.35. The van der Waals surface area contributed by atoms with Gasteiger partial charge in [0, 0.05) is 18.7 Å². The van der Waals surface area contributed by atoms with E-state index in [0.717, 1.165) is 25.3 Å². The van der Waals surface area contributed by atoms with Gasteiger partial charge in [-0.2, -0.15) is 0 Å². The Bertz CT molecular complexity index is 703. The van der Waals surface area contributed by atoms with Gasteiger partial charge in [0.25, 0.3) is 0 Å². The maximum atomic E-state index is 9.75. The molecule has 2 aliphatic rings. The van der Waals surface area contributed by atoms with Crippen molar-refractivity contribution >= 4 is 11.9 Å². The first-order valence-corrected chi connectivity index (χ1v) is 8.43. The molecule has 0 radical (unpaired) electrons. The van der Waals surface area contributed by atoms with Gasteiger partial charge in [-0.25, -0.2) is 0 Å². The van der Waals surface area contributed by atoms with Gasteiger partial charge in [-0.3, -0.25) is 9.89 Å². The topological polar surface area (TPSA) is 35.8 Å². The molecule has 1 unspecified atom stereocenters. The average molecular weight is 306 g/mol. The number of rotatable bonds is 3. The molecule has 0 saturated carbocycles. The van der Waals surface area contributed by atoms with Crippen molar-refractivity contribution in [1.29, 1.82) is 0 Å². The van der Waals surface area contributed by atoms with Gasteiger partial charge in [-0.15, -0.1) is 0 Å². The summed E-state index contributed by atoms with van der Waals surface area (Å²) in [5, 5.41) is 9.75. The summed E-state index contributed by atoms with van der Waals surface area (Å²) in [5.41, 5.74) is 3.62. The summed E-state index contributed by atoms with van der Waals surface area (Å²) in [6, 6.07) is 16.2. The molecule has 2 aromatic rings. The van der Waals surface area contributed by atoms with E-state index in [1.54, 1.807) is 6.07 Å². The molecule has 1 atom stereocenters.